The van der Waals surface area contributed by atoms with E-state index in [-0.39, 0.29) is 29.8 Å². The SMILES string of the molecule is CNC(=O)C1CCN(CC(=O)N(C(C)C)C(C)C)CC1. The minimum atomic E-state index is 0.109. The second-order valence-electron chi connectivity index (χ2n) is 6.15. The molecule has 1 N–H and O–H groups in total. The van der Waals surface area contributed by atoms with Gasteiger partial charge in [-0.25, -0.2) is 0 Å². The maximum atomic E-state index is 12.4. The highest BCUT2D eigenvalue weighted by molar-refractivity contribution is 5.79. The van der Waals surface area contributed by atoms with Gasteiger partial charge in [-0.3, -0.25) is 14.5 Å². The maximum absolute atomic E-state index is 12.4. The molecule has 2 amide bonds. The van der Waals surface area contributed by atoms with Crippen molar-refractivity contribution in [2.75, 3.05) is 26.7 Å². The van der Waals surface area contributed by atoms with E-state index in [2.05, 4.69) is 37.9 Å². The summed E-state index contributed by atoms with van der Waals surface area (Å²) in [6.45, 7) is 10.3. The van der Waals surface area contributed by atoms with E-state index in [0.717, 1.165) is 25.9 Å². The van der Waals surface area contributed by atoms with E-state index in [0.29, 0.717) is 6.54 Å². The highest BCUT2D eigenvalue weighted by Gasteiger charge is 2.27. The lowest BCUT2D eigenvalue weighted by molar-refractivity contribution is -0.136. The van der Waals surface area contributed by atoms with Crippen LogP contribution in [0.15, 0.2) is 0 Å². The van der Waals surface area contributed by atoms with Crippen LogP contribution in [0.3, 0.4) is 0 Å². The molecule has 0 aliphatic carbocycles. The Morgan fingerprint density at radius 1 is 1.15 bits per heavy atom. The predicted octanol–water partition coefficient (Wildman–Crippen LogP) is 1.09. The van der Waals surface area contributed by atoms with Crippen LogP contribution in [0.1, 0.15) is 40.5 Å². The van der Waals surface area contributed by atoms with Crippen LogP contribution in [-0.2, 0) is 9.59 Å². The molecule has 0 radical (unpaired) electrons. The summed E-state index contributed by atoms with van der Waals surface area (Å²) in [7, 11) is 1.68. The number of hydrogen-bond acceptors (Lipinski definition) is 3. The minimum absolute atomic E-state index is 0.109. The molecule has 1 fully saturated rings. The van der Waals surface area contributed by atoms with Gasteiger partial charge in [-0.15, -0.1) is 0 Å². The average Bonchev–Trinajstić information content (AvgIpc) is 2.37. The largest absolute Gasteiger partial charge is 0.359 e. The van der Waals surface area contributed by atoms with Crippen molar-refractivity contribution >= 4 is 11.8 Å². The van der Waals surface area contributed by atoms with Gasteiger partial charge in [0.15, 0.2) is 0 Å². The molecule has 0 bridgehead atoms. The topological polar surface area (TPSA) is 52.7 Å². The standard InChI is InChI=1S/C15H29N3O2/c1-11(2)18(12(3)4)14(19)10-17-8-6-13(7-9-17)15(20)16-5/h11-13H,6-10H2,1-5H3,(H,16,20). The van der Waals surface area contributed by atoms with E-state index in [1.807, 2.05) is 4.90 Å². The average molecular weight is 283 g/mol. The van der Waals surface area contributed by atoms with Gasteiger partial charge in [-0.2, -0.15) is 0 Å². The van der Waals surface area contributed by atoms with Gasteiger partial charge in [-0.1, -0.05) is 0 Å². The number of likely N-dealkylation sites (tertiary alicyclic amines) is 1. The fraction of sp³-hybridized carbons (Fsp3) is 0.867. The zero-order valence-corrected chi connectivity index (χ0v) is 13.5. The monoisotopic (exact) mass is 283 g/mol. The molecular weight excluding hydrogens is 254 g/mol. The molecule has 116 valence electrons. The van der Waals surface area contributed by atoms with Gasteiger partial charge in [-0.05, 0) is 53.6 Å². The third kappa shape index (κ3) is 4.47. The summed E-state index contributed by atoms with van der Waals surface area (Å²) in [5.41, 5.74) is 0. The third-order valence-corrected chi connectivity index (χ3v) is 3.96. The number of carbonyl (C=O) groups excluding carboxylic acids is 2. The smallest absolute Gasteiger partial charge is 0.237 e. The first-order valence-electron chi connectivity index (χ1n) is 7.62. The molecule has 1 heterocycles. The highest BCUT2D eigenvalue weighted by atomic mass is 16.2. The number of rotatable bonds is 5. The van der Waals surface area contributed by atoms with Gasteiger partial charge in [0.1, 0.15) is 0 Å². The Kier molecular flexibility index (Phi) is 6.46. The summed E-state index contributed by atoms with van der Waals surface area (Å²) in [5.74, 6) is 0.424. The van der Waals surface area contributed by atoms with E-state index < -0.39 is 0 Å². The van der Waals surface area contributed by atoms with E-state index in [1.54, 1.807) is 7.05 Å². The maximum Gasteiger partial charge on any atom is 0.237 e. The predicted molar refractivity (Wildman–Crippen MR) is 80.3 cm³/mol. The summed E-state index contributed by atoms with van der Waals surface area (Å²) >= 11 is 0. The first-order valence-corrected chi connectivity index (χ1v) is 7.62. The summed E-state index contributed by atoms with van der Waals surface area (Å²) in [4.78, 5) is 28.1. The van der Waals surface area contributed by atoms with Gasteiger partial charge in [0.25, 0.3) is 0 Å². The number of piperidine rings is 1. The van der Waals surface area contributed by atoms with Gasteiger partial charge < -0.3 is 10.2 Å². The summed E-state index contributed by atoms with van der Waals surface area (Å²) in [6, 6.07) is 0.455. The van der Waals surface area contributed by atoms with Crippen molar-refractivity contribution in [1.29, 1.82) is 0 Å². The van der Waals surface area contributed by atoms with Crippen LogP contribution in [-0.4, -0.2) is 60.4 Å². The van der Waals surface area contributed by atoms with Gasteiger partial charge in [0, 0.05) is 25.0 Å². The van der Waals surface area contributed by atoms with Crippen LogP contribution in [0, 0.1) is 5.92 Å². The molecule has 5 nitrogen and oxygen atoms in total. The van der Waals surface area contributed by atoms with Gasteiger partial charge in [0.2, 0.25) is 11.8 Å². The number of amides is 2. The molecular formula is C15H29N3O2. The Balaban J connectivity index is 2.47. The van der Waals surface area contributed by atoms with E-state index in [9.17, 15) is 9.59 Å². The molecule has 1 saturated heterocycles. The van der Waals surface area contributed by atoms with Crippen molar-refractivity contribution in [1.82, 2.24) is 15.1 Å². The van der Waals surface area contributed by atoms with Crippen molar-refractivity contribution in [3.63, 3.8) is 0 Å². The van der Waals surface area contributed by atoms with Crippen LogP contribution >= 0.6 is 0 Å². The fourth-order valence-electron chi connectivity index (χ4n) is 3.00. The number of nitrogens with one attached hydrogen (secondary N) is 1. The zero-order valence-electron chi connectivity index (χ0n) is 13.5. The first-order chi connectivity index (χ1) is 9.36. The second-order valence-corrected chi connectivity index (χ2v) is 6.15. The van der Waals surface area contributed by atoms with Crippen molar-refractivity contribution < 1.29 is 9.59 Å². The quantitative estimate of drug-likeness (QED) is 0.822. The minimum Gasteiger partial charge on any atom is -0.359 e. The van der Waals surface area contributed by atoms with Crippen LogP contribution < -0.4 is 5.32 Å². The van der Waals surface area contributed by atoms with Crippen molar-refractivity contribution in [3.05, 3.63) is 0 Å². The number of nitrogens with zero attached hydrogens (tertiary/aromatic N) is 2. The molecule has 5 heteroatoms. The molecule has 0 aromatic heterocycles. The Labute approximate surface area is 122 Å². The van der Waals surface area contributed by atoms with Crippen molar-refractivity contribution in [2.24, 2.45) is 5.92 Å². The van der Waals surface area contributed by atoms with E-state index in [4.69, 9.17) is 0 Å². The molecule has 0 aromatic carbocycles. The molecule has 1 aliphatic rings. The molecule has 20 heavy (non-hydrogen) atoms. The summed E-state index contributed by atoms with van der Waals surface area (Å²) in [6.07, 6.45) is 1.69. The van der Waals surface area contributed by atoms with Crippen LogP contribution in [0.5, 0.6) is 0 Å². The lowest BCUT2D eigenvalue weighted by Gasteiger charge is -2.35. The van der Waals surface area contributed by atoms with E-state index >= 15 is 0 Å². The summed E-state index contributed by atoms with van der Waals surface area (Å²) < 4.78 is 0. The third-order valence-electron chi connectivity index (χ3n) is 3.96. The lowest BCUT2D eigenvalue weighted by atomic mass is 9.96. The lowest BCUT2D eigenvalue weighted by Crippen LogP contribution is -2.49. The number of hydrogen-bond donors (Lipinski definition) is 1. The normalized spacial score (nSPS) is 17.6. The Morgan fingerprint density at radius 2 is 1.65 bits per heavy atom. The Hall–Kier alpha value is -1.10. The first kappa shape index (κ1) is 17.0. The van der Waals surface area contributed by atoms with Crippen LogP contribution in [0.4, 0.5) is 0 Å². The molecule has 0 aromatic rings. The second kappa shape index (κ2) is 7.62. The van der Waals surface area contributed by atoms with Crippen LogP contribution in [0.2, 0.25) is 0 Å². The Bertz CT molecular complexity index is 326. The Morgan fingerprint density at radius 3 is 2.05 bits per heavy atom. The van der Waals surface area contributed by atoms with E-state index in [1.165, 1.54) is 0 Å². The molecule has 0 atom stereocenters. The van der Waals surface area contributed by atoms with Gasteiger partial charge >= 0.3 is 0 Å². The summed E-state index contributed by atoms with van der Waals surface area (Å²) in [5, 5.41) is 2.71. The van der Waals surface area contributed by atoms with Crippen LogP contribution in [0.25, 0.3) is 0 Å². The highest BCUT2D eigenvalue weighted by Crippen LogP contribution is 2.17. The molecule has 0 unspecified atom stereocenters. The molecule has 0 saturated carbocycles. The van der Waals surface area contributed by atoms with Crippen molar-refractivity contribution in [3.8, 4) is 0 Å². The molecule has 0 spiro atoms. The molecule has 1 rings (SSSR count). The van der Waals surface area contributed by atoms with Crippen molar-refractivity contribution in [2.45, 2.75) is 52.6 Å². The zero-order chi connectivity index (χ0) is 15.3. The molecule has 1 aliphatic heterocycles. The number of carbonyl (C=O) groups is 2. The fourth-order valence-corrected chi connectivity index (χ4v) is 3.00. The van der Waals surface area contributed by atoms with Gasteiger partial charge in [0.05, 0.1) is 6.54 Å².